The Morgan fingerprint density at radius 1 is 1.32 bits per heavy atom. The third-order valence-corrected chi connectivity index (χ3v) is 4.74. The molecule has 0 amide bonds. The number of aryl methyl sites for hydroxylation is 1. The van der Waals surface area contributed by atoms with E-state index in [0.717, 1.165) is 19.5 Å². The standard InChI is InChI=1S/C16H29N3/c1-4-17-15(16(3)9-7-6-8-10-16)11-14-12-18-19(5-2)13-14/h12-13,15,17H,4-11H2,1-3H3. The Morgan fingerprint density at radius 3 is 2.63 bits per heavy atom. The van der Waals surface area contributed by atoms with Crippen LogP contribution in [0.2, 0.25) is 0 Å². The highest BCUT2D eigenvalue weighted by atomic mass is 15.3. The average molecular weight is 263 g/mol. The largest absolute Gasteiger partial charge is 0.313 e. The molecule has 0 saturated heterocycles. The van der Waals surface area contributed by atoms with Gasteiger partial charge in [0.2, 0.25) is 0 Å². The predicted octanol–water partition coefficient (Wildman–Crippen LogP) is 3.39. The van der Waals surface area contributed by atoms with Crippen molar-refractivity contribution in [3.63, 3.8) is 0 Å². The summed E-state index contributed by atoms with van der Waals surface area (Å²) in [6.07, 6.45) is 12.3. The molecule has 1 atom stereocenters. The van der Waals surface area contributed by atoms with Gasteiger partial charge in [-0.05, 0) is 43.7 Å². The summed E-state index contributed by atoms with van der Waals surface area (Å²) in [6.45, 7) is 8.85. The molecular weight excluding hydrogens is 234 g/mol. The van der Waals surface area contributed by atoms with Crippen LogP contribution in [0.15, 0.2) is 12.4 Å². The molecular formula is C16H29N3. The van der Waals surface area contributed by atoms with Crippen LogP contribution >= 0.6 is 0 Å². The maximum Gasteiger partial charge on any atom is 0.0522 e. The Labute approximate surface area is 117 Å². The van der Waals surface area contributed by atoms with Crippen LogP contribution in [0.1, 0.15) is 58.4 Å². The van der Waals surface area contributed by atoms with E-state index < -0.39 is 0 Å². The molecule has 0 spiro atoms. The molecule has 2 rings (SSSR count). The molecule has 1 heterocycles. The summed E-state index contributed by atoms with van der Waals surface area (Å²) >= 11 is 0. The second-order valence-corrected chi connectivity index (χ2v) is 6.23. The van der Waals surface area contributed by atoms with E-state index >= 15 is 0 Å². The monoisotopic (exact) mass is 263 g/mol. The lowest BCUT2D eigenvalue weighted by molar-refractivity contribution is 0.145. The maximum atomic E-state index is 4.40. The van der Waals surface area contributed by atoms with Crippen LogP contribution in [0.4, 0.5) is 0 Å². The van der Waals surface area contributed by atoms with E-state index in [0.29, 0.717) is 11.5 Å². The minimum Gasteiger partial charge on any atom is -0.313 e. The quantitative estimate of drug-likeness (QED) is 0.852. The molecule has 0 radical (unpaired) electrons. The minimum absolute atomic E-state index is 0.461. The molecule has 108 valence electrons. The topological polar surface area (TPSA) is 29.9 Å². The molecule has 19 heavy (non-hydrogen) atoms. The van der Waals surface area contributed by atoms with Crippen molar-refractivity contribution in [2.45, 2.75) is 71.9 Å². The Balaban J connectivity index is 2.06. The number of hydrogen-bond acceptors (Lipinski definition) is 2. The lowest BCUT2D eigenvalue weighted by Crippen LogP contribution is -2.46. The minimum atomic E-state index is 0.461. The predicted molar refractivity (Wildman–Crippen MR) is 80.3 cm³/mol. The maximum absolute atomic E-state index is 4.40. The highest BCUT2D eigenvalue weighted by Gasteiger charge is 2.35. The van der Waals surface area contributed by atoms with Crippen molar-refractivity contribution >= 4 is 0 Å². The van der Waals surface area contributed by atoms with Gasteiger partial charge in [-0.3, -0.25) is 4.68 Å². The molecule has 1 aromatic rings. The molecule has 3 nitrogen and oxygen atoms in total. The van der Waals surface area contributed by atoms with E-state index in [1.807, 2.05) is 10.9 Å². The smallest absolute Gasteiger partial charge is 0.0522 e. The van der Waals surface area contributed by atoms with Gasteiger partial charge in [-0.25, -0.2) is 0 Å². The molecule has 1 saturated carbocycles. The van der Waals surface area contributed by atoms with Gasteiger partial charge < -0.3 is 5.32 Å². The lowest BCUT2D eigenvalue weighted by atomic mass is 9.69. The van der Waals surface area contributed by atoms with E-state index in [1.165, 1.54) is 37.7 Å². The third-order valence-electron chi connectivity index (χ3n) is 4.74. The second kappa shape index (κ2) is 6.56. The van der Waals surface area contributed by atoms with Gasteiger partial charge in [0.15, 0.2) is 0 Å². The Hall–Kier alpha value is -0.830. The fourth-order valence-corrected chi connectivity index (χ4v) is 3.44. The van der Waals surface area contributed by atoms with E-state index in [9.17, 15) is 0 Å². The molecule has 1 fully saturated rings. The van der Waals surface area contributed by atoms with Crippen LogP contribution in [0.3, 0.4) is 0 Å². The van der Waals surface area contributed by atoms with Crippen LogP contribution in [0.5, 0.6) is 0 Å². The molecule has 0 aromatic carbocycles. The Morgan fingerprint density at radius 2 is 2.05 bits per heavy atom. The highest BCUT2D eigenvalue weighted by molar-refractivity contribution is 5.08. The first-order valence-corrected chi connectivity index (χ1v) is 7.92. The van der Waals surface area contributed by atoms with Gasteiger partial charge in [-0.15, -0.1) is 0 Å². The van der Waals surface area contributed by atoms with Gasteiger partial charge in [0.25, 0.3) is 0 Å². The fraction of sp³-hybridized carbons (Fsp3) is 0.812. The lowest BCUT2D eigenvalue weighted by Gasteiger charge is -2.41. The zero-order valence-corrected chi connectivity index (χ0v) is 12.8. The normalized spacial score (nSPS) is 20.4. The van der Waals surface area contributed by atoms with Crippen molar-refractivity contribution in [1.82, 2.24) is 15.1 Å². The number of rotatable bonds is 6. The Kier molecular flexibility index (Phi) is 5.03. The number of nitrogens with one attached hydrogen (secondary N) is 1. The van der Waals surface area contributed by atoms with Crippen molar-refractivity contribution < 1.29 is 0 Å². The van der Waals surface area contributed by atoms with Crippen LogP contribution in [-0.4, -0.2) is 22.4 Å². The van der Waals surface area contributed by atoms with Crippen LogP contribution < -0.4 is 5.32 Å². The summed E-state index contributed by atoms with van der Waals surface area (Å²) in [4.78, 5) is 0. The molecule has 3 heteroatoms. The van der Waals surface area contributed by atoms with E-state index in [-0.39, 0.29) is 0 Å². The highest BCUT2D eigenvalue weighted by Crippen LogP contribution is 2.39. The van der Waals surface area contributed by atoms with Gasteiger partial charge in [-0.1, -0.05) is 33.1 Å². The summed E-state index contributed by atoms with van der Waals surface area (Å²) in [6, 6.07) is 0.590. The number of nitrogens with zero attached hydrogens (tertiary/aromatic N) is 2. The Bertz CT molecular complexity index is 377. The van der Waals surface area contributed by atoms with Crippen LogP contribution in [0.25, 0.3) is 0 Å². The number of likely N-dealkylation sites (N-methyl/N-ethyl adjacent to an activating group) is 1. The van der Waals surface area contributed by atoms with Gasteiger partial charge >= 0.3 is 0 Å². The second-order valence-electron chi connectivity index (χ2n) is 6.23. The first kappa shape index (κ1) is 14.6. The molecule has 0 aliphatic heterocycles. The van der Waals surface area contributed by atoms with Gasteiger partial charge in [0, 0.05) is 18.8 Å². The summed E-state index contributed by atoms with van der Waals surface area (Å²) in [5.41, 5.74) is 1.84. The summed E-state index contributed by atoms with van der Waals surface area (Å²) < 4.78 is 2.03. The number of aromatic nitrogens is 2. The van der Waals surface area contributed by atoms with E-state index in [4.69, 9.17) is 0 Å². The van der Waals surface area contributed by atoms with Crippen molar-refractivity contribution in [1.29, 1.82) is 0 Å². The molecule has 1 unspecified atom stereocenters. The molecule has 1 aliphatic rings. The van der Waals surface area contributed by atoms with Gasteiger partial charge in [0.1, 0.15) is 0 Å². The van der Waals surface area contributed by atoms with Crippen molar-refractivity contribution in [2.24, 2.45) is 5.41 Å². The molecule has 1 aromatic heterocycles. The SMILES string of the molecule is CCNC(Cc1cnn(CC)c1)C1(C)CCCCC1. The number of hydrogen-bond donors (Lipinski definition) is 1. The van der Waals surface area contributed by atoms with E-state index in [1.54, 1.807) is 0 Å². The first-order valence-electron chi connectivity index (χ1n) is 7.92. The molecule has 1 aliphatic carbocycles. The van der Waals surface area contributed by atoms with Gasteiger partial charge in [0.05, 0.1) is 6.20 Å². The van der Waals surface area contributed by atoms with Crippen molar-refractivity contribution in [3.8, 4) is 0 Å². The zero-order chi connectivity index (χ0) is 13.7. The summed E-state index contributed by atoms with van der Waals surface area (Å²) in [5.74, 6) is 0. The zero-order valence-electron chi connectivity index (χ0n) is 12.8. The summed E-state index contributed by atoms with van der Waals surface area (Å²) in [5, 5.41) is 8.14. The molecule has 1 N–H and O–H groups in total. The van der Waals surface area contributed by atoms with Crippen molar-refractivity contribution in [2.75, 3.05) is 6.54 Å². The first-order chi connectivity index (χ1) is 9.18. The van der Waals surface area contributed by atoms with Crippen LogP contribution in [0, 0.1) is 5.41 Å². The fourth-order valence-electron chi connectivity index (χ4n) is 3.44. The third kappa shape index (κ3) is 3.59. The van der Waals surface area contributed by atoms with Crippen molar-refractivity contribution in [3.05, 3.63) is 18.0 Å². The van der Waals surface area contributed by atoms with Gasteiger partial charge in [-0.2, -0.15) is 5.10 Å². The molecule has 0 bridgehead atoms. The average Bonchev–Trinajstić information content (AvgIpc) is 2.87. The summed E-state index contributed by atoms with van der Waals surface area (Å²) in [7, 11) is 0. The van der Waals surface area contributed by atoms with E-state index in [2.05, 4.69) is 37.4 Å². The van der Waals surface area contributed by atoms with Crippen LogP contribution in [-0.2, 0) is 13.0 Å².